The van der Waals surface area contributed by atoms with Gasteiger partial charge in [0, 0.05) is 56.3 Å². The Kier molecular flexibility index (Phi) is 6.73. The summed E-state index contributed by atoms with van der Waals surface area (Å²) < 4.78 is 10.7. The second-order valence-electron chi connectivity index (χ2n) is 8.36. The molecule has 1 fully saturated rings. The number of amides is 1. The summed E-state index contributed by atoms with van der Waals surface area (Å²) >= 11 is 0. The van der Waals surface area contributed by atoms with Gasteiger partial charge in [0.2, 0.25) is 17.6 Å². The number of methoxy groups -OCH3 is 1. The molecule has 0 saturated carbocycles. The number of carbonyl (C=O) groups excluding carboxylic acids is 1. The van der Waals surface area contributed by atoms with Crippen LogP contribution in [-0.4, -0.2) is 54.2 Å². The Morgan fingerprint density at radius 1 is 1.09 bits per heavy atom. The minimum Gasteiger partial charge on any atom is -0.497 e. The molecule has 0 aliphatic carbocycles. The Morgan fingerprint density at radius 3 is 2.53 bits per heavy atom. The second kappa shape index (κ2) is 9.85. The highest BCUT2D eigenvalue weighted by Gasteiger charge is 2.22. The van der Waals surface area contributed by atoms with E-state index in [1.54, 1.807) is 7.11 Å². The smallest absolute Gasteiger partial charge is 0.227 e. The third-order valence-electron chi connectivity index (χ3n) is 5.91. The number of hydrogen-bond acceptors (Lipinski definition) is 6. The molecule has 1 aliphatic heterocycles. The summed E-state index contributed by atoms with van der Waals surface area (Å²) in [5.41, 5.74) is 3.32. The summed E-state index contributed by atoms with van der Waals surface area (Å²) in [6.45, 7) is 7.33. The molecule has 32 heavy (non-hydrogen) atoms. The van der Waals surface area contributed by atoms with Gasteiger partial charge in [0.15, 0.2) is 0 Å². The first kappa shape index (κ1) is 21.9. The summed E-state index contributed by atoms with van der Waals surface area (Å²) in [4.78, 5) is 21.4. The Balaban J connectivity index is 1.27. The Hall–Kier alpha value is -3.35. The largest absolute Gasteiger partial charge is 0.497 e. The summed E-state index contributed by atoms with van der Waals surface area (Å²) in [6.07, 6.45) is 0.819. The van der Waals surface area contributed by atoms with Crippen molar-refractivity contribution in [3.63, 3.8) is 0 Å². The maximum atomic E-state index is 12.7. The number of aromatic nitrogens is 2. The molecule has 1 saturated heterocycles. The lowest BCUT2D eigenvalue weighted by Crippen LogP contribution is -2.48. The lowest BCUT2D eigenvalue weighted by Gasteiger charge is -2.36. The van der Waals surface area contributed by atoms with E-state index in [1.807, 2.05) is 35.2 Å². The highest BCUT2D eigenvalue weighted by molar-refractivity contribution is 5.76. The molecular weight excluding hydrogens is 404 g/mol. The van der Waals surface area contributed by atoms with Crippen LogP contribution in [-0.2, 0) is 11.2 Å². The number of piperazine rings is 1. The minimum absolute atomic E-state index is 0.122. The molecule has 168 valence electrons. The SMILES string of the molecule is COc1cccc(N2CCN(C(=O)CCc3nc(-c4ccc(C(C)C)cc4)no3)CC2)c1. The molecule has 0 radical (unpaired) electrons. The van der Waals surface area contributed by atoms with E-state index in [2.05, 4.69) is 47.1 Å². The molecule has 0 spiro atoms. The molecular formula is C25H30N4O3. The fraction of sp³-hybridized carbons (Fsp3) is 0.400. The number of anilines is 1. The van der Waals surface area contributed by atoms with Crippen LogP contribution < -0.4 is 9.64 Å². The van der Waals surface area contributed by atoms with E-state index in [4.69, 9.17) is 9.26 Å². The van der Waals surface area contributed by atoms with Crippen LogP contribution >= 0.6 is 0 Å². The van der Waals surface area contributed by atoms with Gasteiger partial charge < -0.3 is 19.1 Å². The zero-order valence-corrected chi connectivity index (χ0v) is 19.0. The normalized spacial score (nSPS) is 14.1. The average molecular weight is 435 g/mol. The van der Waals surface area contributed by atoms with Gasteiger partial charge in [-0.1, -0.05) is 49.3 Å². The van der Waals surface area contributed by atoms with Crippen molar-refractivity contribution < 1.29 is 14.1 Å². The van der Waals surface area contributed by atoms with Crippen LogP contribution in [0.25, 0.3) is 11.4 Å². The topological polar surface area (TPSA) is 71.7 Å². The van der Waals surface area contributed by atoms with E-state index in [1.165, 1.54) is 5.56 Å². The Morgan fingerprint density at radius 2 is 1.84 bits per heavy atom. The van der Waals surface area contributed by atoms with Gasteiger partial charge in [-0.2, -0.15) is 4.98 Å². The molecule has 2 aromatic carbocycles. The number of nitrogens with zero attached hydrogens (tertiary/aromatic N) is 4. The van der Waals surface area contributed by atoms with Gasteiger partial charge in [0.05, 0.1) is 7.11 Å². The zero-order chi connectivity index (χ0) is 22.5. The van der Waals surface area contributed by atoms with Gasteiger partial charge in [-0.05, 0) is 23.6 Å². The lowest BCUT2D eigenvalue weighted by atomic mass is 10.0. The molecule has 7 heteroatoms. The predicted molar refractivity (Wildman–Crippen MR) is 124 cm³/mol. The maximum absolute atomic E-state index is 12.7. The molecule has 7 nitrogen and oxygen atoms in total. The molecule has 1 aromatic heterocycles. The minimum atomic E-state index is 0.122. The first-order valence-electron chi connectivity index (χ1n) is 11.1. The monoisotopic (exact) mass is 434 g/mol. The summed E-state index contributed by atoms with van der Waals surface area (Å²) in [7, 11) is 1.67. The van der Waals surface area contributed by atoms with Gasteiger partial charge in [-0.25, -0.2) is 0 Å². The van der Waals surface area contributed by atoms with Crippen LogP contribution in [0.2, 0.25) is 0 Å². The van der Waals surface area contributed by atoms with Crippen molar-refractivity contribution in [1.29, 1.82) is 0 Å². The van der Waals surface area contributed by atoms with E-state index in [0.29, 0.717) is 43.6 Å². The van der Waals surface area contributed by atoms with Gasteiger partial charge in [0.25, 0.3) is 0 Å². The second-order valence-corrected chi connectivity index (χ2v) is 8.36. The van der Waals surface area contributed by atoms with Gasteiger partial charge in [-0.3, -0.25) is 4.79 Å². The van der Waals surface area contributed by atoms with Crippen LogP contribution in [0.3, 0.4) is 0 Å². The average Bonchev–Trinajstić information content (AvgIpc) is 3.32. The summed E-state index contributed by atoms with van der Waals surface area (Å²) in [6, 6.07) is 16.2. The predicted octanol–water partition coefficient (Wildman–Crippen LogP) is 4.15. The molecule has 0 N–H and O–H groups in total. The fourth-order valence-electron chi connectivity index (χ4n) is 3.88. The molecule has 4 rings (SSSR count). The number of carbonyl (C=O) groups is 1. The van der Waals surface area contributed by atoms with Crippen molar-refractivity contribution in [2.75, 3.05) is 38.2 Å². The highest BCUT2D eigenvalue weighted by Crippen LogP contribution is 2.23. The number of hydrogen-bond donors (Lipinski definition) is 0. The van der Waals surface area contributed by atoms with E-state index in [-0.39, 0.29) is 5.91 Å². The number of aryl methyl sites for hydroxylation is 1. The molecule has 0 atom stereocenters. The number of benzene rings is 2. The first-order chi connectivity index (χ1) is 15.5. The van der Waals surface area contributed by atoms with E-state index in [0.717, 1.165) is 30.1 Å². The fourth-order valence-corrected chi connectivity index (χ4v) is 3.88. The van der Waals surface area contributed by atoms with Crippen molar-refractivity contribution >= 4 is 11.6 Å². The maximum Gasteiger partial charge on any atom is 0.227 e. The van der Waals surface area contributed by atoms with Crippen molar-refractivity contribution in [3.8, 4) is 17.1 Å². The lowest BCUT2D eigenvalue weighted by molar-refractivity contribution is -0.131. The van der Waals surface area contributed by atoms with Gasteiger partial charge in [0.1, 0.15) is 5.75 Å². The van der Waals surface area contributed by atoms with Crippen molar-refractivity contribution in [3.05, 3.63) is 60.0 Å². The van der Waals surface area contributed by atoms with Gasteiger partial charge in [-0.15, -0.1) is 0 Å². The van der Waals surface area contributed by atoms with Crippen LogP contribution in [0.1, 0.15) is 37.6 Å². The third kappa shape index (κ3) is 5.10. The molecule has 3 aromatic rings. The van der Waals surface area contributed by atoms with Crippen LogP contribution in [0.15, 0.2) is 53.1 Å². The first-order valence-corrected chi connectivity index (χ1v) is 11.1. The summed E-state index contributed by atoms with van der Waals surface area (Å²) in [5.74, 6) is 2.51. The Labute approximate surface area is 189 Å². The molecule has 1 aliphatic rings. The van der Waals surface area contributed by atoms with Gasteiger partial charge >= 0.3 is 0 Å². The van der Waals surface area contributed by atoms with Crippen LogP contribution in [0.4, 0.5) is 5.69 Å². The van der Waals surface area contributed by atoms with Crippen LogP contribution in [0.5, 0.6) is 5.75 Å². The molecule has 0 unspecified atom stereocenters. The highest BCUT2D eigenvalue weighted by atomic mass is 16.5. The quantitative estimate of drug-likeness (QED) is 0.556. The number of ether oxygens (including phenoxy) is 1. The standard InChI is InChI=1S/C25H30N4O3/c1-18(2)19-7-9-20(10-8-19)25-26-23(32-27-25)11-12-24(30)29-15-13-28(14-16-29)21-5-4-6-22(17-21)31-3/h4-10,17-18H,11-16H2,1-3H3. The van der Waals surface area contributed by atoms with Crippen molar-refractivity contribution in [1.82, 2.24) is 15.0 Å². The Bertz CT molecular complexity index is 1040. The molecule has 0 bridgehead atoms. The molecule has 1 amide bonds. The zero-order valence-electron chi connectivity index (χ0n) is 19.0. The van der Waals surface area contributed by atoms with Crippen molar-refractivity contribution in [2.45, 2.75) is 32.6 Å². The number of rotatable bonds is 7. The third-order valence-corrected chi connectivity index (χ3v) is 5.91. The summed E-state index contributed by atoms with van der Waals surface area (Å²) in [5, 5.41) is 4.08. The molecule has 2 heterocycles. The van der Waals surface area contributed by atoms with E-state index >= 15 is 0 Å². The van der Waals surface area contributed by atoms with E-state index in [9.17, 15) is 4.79 Å². The van der Waals surface area contributed by atoms with Crippen LogP contribution in [0, 0.1) is 0 Å². The van der Waals surface area contributed by atoms with Crippen molar-refractivity contribution in [2.24, 2.45) is 0 Å². The van der Waals surface area contributed by atoms with E-state index < -0.39 is 0 Å².